The highest BCUT2D eigenvalue weighted by molar-refractivity contribution is 5.55. The summed E-state index contributed by atoms with van der Waals surface area (Å²) in [6.07, 6.45) is 6.07. The van der Waals surface area contributed by atoms with Crippen molar-refractivity contribution in [2.75, 3.05) is 0 Å². The van der Waals surface area contributed by atoms with E-state index in [1.54, 1.807) is 17.0 Å². The lowest BCUT2D eigenvalue weighted by atomic mass is 9.93. The van der Waals surface area contributed by atoms with Crippen molar-refractivity contribution >= 4 is 5.78 Å². The number of hydrogen-bond donors (Lipinski definition) is 0. The van der Waals surface area contributed by atoms with Gasteiger partial charge in [-0.15, -0.1) is 5.10 Å². The zero-order valence-corrected chi connectivity index (χ0v) is 15.3. The average molecular weight is 360 g/mol. The van der Waals surface area contributed by atoms with E-state index in [1.165, 1.54) is 11.1 Å². The lowest BCUT2D eigenvalue weighted by molar-refractivity contribution is 0.0846. The Morgan fingerprint density at radius 3 is 2.96 bits per heavy atom. The molecule has 6 nitrogen and oxygen atoms in total. The van der Waals surface area contributed by atoms with E-state index >= 15 is 0 Å². The Hall–Kier alpha value is -3.15. The predicted octanol–water partition coefficient (Wildman–Crippen LogP) is 4.08. The van der Waals surface area contributed by atoms with Crippen LogP contribution in [0.3, 0.4) is 0 Å². The molecule has 1 aliphatic heterocycles. The average Bonchev–Trinajstić information content (AvgIpc) is 3.30. The second-order valence-electron chi connectivity index (χ2n) is 7.53. The van der Waals surface area contributed by atoms with Crippen LogP contribution in [0.1, 0.15) is 37.2 Å². The smallest absolute Gasteiger partial charge is 0.253 e. The Balaban J connectivity index is 1.46. The van der Waals surface area contributed by atoms with E-state index in [0.29, 0.717) is 12.2 Å². The number of ether oxygens (including phenoxy) is 1. The van der Waals surface area contributed by atoms with Crippen LogP contribution in [0.4, 0.5) is 0 Å². The van der Waals surface area contributed by atoms with Crippen molar-refractivity contribution in [1.82, 2.24) is 19.6 Å². The number of aryl methyl sites for hydroxylation is 1. The number of hydrogen-bond acceptors (Lipinski definition) is 5. The summed E-state index contributed by atoms with van der Waals surface area (Å²) in [5.41, 5.74) is 3.17. The highest BCUT2D eigenvalue weighted by Crippen LogP contribution is 2.33. The Labute approximate surface area is 156 Å². The fourth-order valence-electron chi connectivity index (χ4n) is 3.53. The fourth-order valence-corrected chi connectivity index (χ4v) is 3.53. The summed E-state index contributed by atoms with van der Waals surface area (Å²) in [6.45, 7) is 4.27. The molecule has 4 aromatic rings. The molecular formula is C21H20N4O2. The maximum absolute atomic E-state index is 6.07. The molecule has 0 fully saturated rings. The zero-order chi connectivity index (χ0) is 18.4. The highest BCUT2D eigenvalue weighted by atomic mass is 16.5. The molecule has 1 aliphatic rings. The van der Waals surface area contributed by atoms with Gasteiger partial charge in [-0.2, -0.15) is 9.50 Å². The third kappa shape index (κ3) is 2.97. The number of fused-ring (bicyclic) bond motifs is 2. The zero-order valence-electron chi connectivity index (χ0n) is 15.3. The second kappa shape index (κ2) is 5.94. The maximum atomic E-state index is 6.07. The van der Waals surface area contributed by atoms with E-state index in [4.69, 9.17) is 9.15 Å². The molecule has 0 aliphatic carbocycles. The third-order valence-electron chi connectivity index (χ3n) is 4.93. The summed E-state index contributed by atoms with van der Waals surface area (Å²) in [5.74, 6) is 3.03. The van der Waals surface area contributed by atoms with Crippen molar-refractivity contribution in [2.45, 2.75) is 38.7 Å². The van der Waals surface area contributed by atoms with E-state index in [-0.39, 0.29) is 5.60 Å². The molecule has 0 saturated carbocycles. The van der Waals surface area contributed by atoms with Crippen LogP contribution in [0.5, 0.6) is 5.75 Å². The van der Waals surface area contributed by atoms with Gasteiger partial charge in [0.15, 0.2) is 11.6 Å². The van der Waals surface area contributed by atoms with Crippen molar-refractivity contribution in [2.24, 2.45) is 0 Å². The van der Waals surface area contributed by atoms with Crippen molar-refractivity contribution in [3.8, 4) is 17.2 Å². The molecular weight excluding hydrogens is 340 g/mol. The first kappa shape index (κ1) is 16.1. The highest BCUT2D eigenvalue weighted by Gasteiger charge is 2.26. The van der Waals surface area contributed by atoms with Gasteiger partial charge in [-0.1, -0.05) is 12.1 Å². The van der Waals surface area contributed by atoms with E-state index in [0.717, 1.165) is 35.9 Å². The first-order valence-corrected chi connectivity index (χ1v) is 9.13. The molecule has 0 saturated heterocycles. The van der Waals surface area contributed by atoms with Gasteiger partial charge in [-0.3, -0.25) is 0 Å². The lowest BCUT2D eigenvalue weighted by Gasteiger charge is -2.32. The van der Waals surface area contributed by atoms with Gasteiger partial charge in [0.05, 0.1) is 6.26 Å². The number of rotatable bonds is 3. The van der Waals surface area contributed by atoms with Gasteiger partial charge in [-0.05, 0) is 62.1 Å². The van der Waals surface area contributed by atoms with Crippen molar-refractivity contribution < 1.29 is 9.15 Å². The SMILES string of the molecule is CC1(C)CCc2cc(Cc3nc4nccc(-c5ccco5)n4n3)ccc2O1. The van der Waals surface area contributed by atoms with Crippen LogP contribution in [-0.2, 0) is 12.8 Å². The minimum atomic E-state index is -0.0917. The van der Waals surface area contributed by atoms with Crippen LogP contribution in [-0.4, -0.2) is 25.2 Å². The van der Waals surface area contributed by atoms with Crippen LogP contribution in [0.2, 0.25) is 0 Å². The Morgan fingerprint density at radius 2 is 2.11 bits per heavy atom. The standard InChI is InChI=1S/C21H20N4O2/c1-21(2)9-7-15-12-14(5-6-17(15)27-21)13-19-23-20-22-10-8-16(25(20)24-19)18-4-3-11-26-18/h3-6,8,10-12H,7,9,13H2,1-2H3. The molecule has 0 spiro atoms. The molecule has 6 heteroatoms. The van der Waals surface area contributed by atoms with Crippen LogP contribution >= 0.6 is 0 Å². The van der Waals surface area contributed by atoms with Crippen LogP contribution in [0, 0.1) is 0 Å². The van der Waals surface area contributed by atoms with E-state index in [1.807, 2.05) is 18.2 Å². The van der Waals surface area contributed by atoms with Gasteiger partial charge >= 0.3 is 0 Å². The minimum Gasteiger partial charge on any atom is -0.488 e. The topological polar surface area (TPSA) is 65.5 Å². The molecule has 0 amide bonds. The third-order valence-corrected chi connectivity index (χ3v) is 4.93. The van der Waals surface area contributed by atoms with Gasteiger partial charge in [0.2, 0.25) is 0 Å². The first-order chi connectivity index (χ1) is 13.1. The molecule has 0 N–H and O–H groups in total. The van der Waals surface area contributed by atoms with Crippen LogP contribution < -0.4 is 4.74 Å². The molecule has 1 aromatic carbocycles. The van der Waals surface area contributed by atoms with Gasteiger partial charge in [0.25, 0.3) is 5.78 Å². The van der Waals surface area contributed by atoms with Gasteiger partial charge < -0.3 is 9.15 Å². The van der Waals surface area contributed by atoms with Gasteiger partial charge in [-0.25, -0.2) is 4.98 Å². The molecule has 136 valence electrons. The summed E-state index contributed by atoms with van der Waals surface area (Å²) >= 11 is 0. The summed E-state index contributed by atoms with van der Waals surface area (Å²) < 4.78 is 13.3. The number of furan rings is 1. The quantitative estimate of drug-likeness (QED) is 0.551. The van der Waals surface area contributed by atoms with Crippen LogP contribution in [0.15, 0.2) is 53.3 Å². The molecule has 4 heterocycles. The maximum Gasteiger partial charge on any atom is 0.253 e. The summed E-state index contributed by atoms with van der Waals surface area (Å²) in [4.78, 5) is 8.91. The second-order valence-corrected chi connectivity index (χ2v) is 7.53. The number of aromatic nitrogens is 4. The molecule has 0 unspecified atom stereocenters. The van der Waals surface area contributed by atoms with Crippen LogP contribution in [0.25, 0.3) is 17.2 Å². The molecule has 0 bridgehead atoms. The molecule has 0 radical (unpaired) electrons. The van der Waals surface area contributed by atoms with E-state index in [2.05, 4.69) is 47.1 Å². The van der Waals surface area contributed by atoms with Crippen molar-refractivity contribution in [3.05, 3.63) is 65.8 Å². The monoisotopic (exact) mass is 360 g/mol. The van der Waals surface area contributed by atoms with Gasteiger partial charge in [0, 0.05) is 12.6 Å². The first-order valence-electron chi connectivity index (χ1n) is 9.13. The lowest BCUT2D eigenvalue weighted by Crippen LogP contribution is -2.32. The summed E-state index contributed by atoms with van der Waals surface area (Å²) in [5, 5.41) is 4.65. The Bertz CT molecular complexity index is 1110. The number of nitrogens with zero attached hydrogens (tertiary/aromatic N) is 4. The normalized spacial score (nSPS) is 15.5. The van der Waals surface area contributed by atoms with E-state index < -0.39 is 0 Å². The fraction of sp³-hybridized carbons (Fsp3) is 0.286. The van der Waals surface area contributed by atoms with Gasteiger partial charge in [0.1, 0.15) is 17.0 Å². The predicted molar refractivity (Wildman–Crippen MR) is 101 cm³/mol. The van der Waals surface area contributed by atoms with E-state index in [9.17, 15) is 0 Å². The Morgan fingerprint density at radius 1 is 1.19 bits per heavy atom. The molecule has 5 rings (SSSR count). The number of benzene rings is 1. The minimum absolute atomic E-state index is 0.0917. The summed E-state index contributed by atoms with van der Waals surface area (Å²) in [6, 6.07) is 12.0. The largest absolute Gasteiger partial charge is 0.488 e. The Kier molecular flexibility index (Phi) is 3.53. The molecule has 0 atom stereocenters. The molecule has 27 heavy (non-hydrogen) atoms. The van der Waals surface area contributed by atoms with Crippen molar-refractivity contribution in [1.29, 1.82) is 0 Å². The molecule has 3 aromatic heterocycles. The summed E-state index contributed by atoms with van der Waals surface area (Å²) in [7, 11) is 0. The van der Waals surface area contributed by atoms with Crippen molar-refractivity contribution in [3.63, 3.8) is 0 Å².